The van der Waals surface area contributed by atoms with Crippen LogP contribution in [0.25, 0.3) is 0 Å². The Hall–Kier alpha value is -1.84. The van der Waals surface area contributed by atoms with Gasteiger partial charge in [-0.15, -0.1) is 0 Å². The molecule has 0 saturated heterocycles. The molecule has 0 saturated carbocycles. The van der Waals surface area contributed by atoms with Crippen LogP contribution >= 0.6 is 0 Å². The molecular formula is C12H13O4. The summed E-state index contributed by atoms with van der Waals surface area (Å²) in [5.41, 5.74) is 1.15. The fraction of sp³-hybridized carbons (Fsp3) is 0.250. The van der Waals surface area contributed by atoms with Crippen LogP contribution < -0.4 is 0 Å². The highest BCUT2D eigenvalue weighted by atomic mass is 16.5. The van der Waals surface area contributed by atoms with Crippen molar-refractivity contribution in [2.24, 2.45) is 0 Å². The first-order valence-electron chi connectivity index (χ1n) is 4.79. The van der Waals surface area contributed by atoms with E-state index in [1.807, 2.05) is 0 Å². The normalized spacial score (nSPS) is 9.62. The lowest BCUT2D eigenvalue weighted by molar-refractivity contribution is -0.139. The number of rotatable bonds is 4. The number of hydrogen-bond donors (Lipinski definition) is 0. The number of methoxy groups -OCH3 is 1. The summed E-state index contributed by atoms with van der Waals surface area (Å²) in [5, 5.41) is 0. The van der Waals surface area contributed by atoms with Crippen LogP contribution in [0.5, 0.6) is 0 Å². The van der Waals surface area contributed by atoms with E-state index >= 15 is 0 Å². The van der Waals surface area contributed by atoms with E-state index in [9.17, 15) is 9.59 Å². The van der Waals surface area contributed by atoms with Crippen LogP contribution in [0.2, 0.25) is 0 Å². The highest BCUT2D eigenvalue weighted by molar-refractivity contribution is 5.91. The van der Waals surface area contributed by atoms with E-state index in [0.29, 0.717) is 11.1 Å². The van der Waals surface area contributed by atoms with Gasteiger partial charge in [0.05, 0.1) is 19.3 Å². The first kappa shape index (κ1) is 12.2. The molecule has 0 heterocycles. The van der Waals surface area contributed by atoms with Gasteiger partial charge in [0.2, 0.25) is 0 Å². The zero-order valence-corrected chi connectivity index (χ0v) is 9.23. The Kier molecular flexibility index (Phi) is 4.51. The fourth-order valence-corrected chi connectivity index (χ4v) is 1.22. The molecule has 1 aromatic carbocycles. The van der Waals surface area contributed by atoms with Crippen LogP contribution in [-0.2, 0) is 14.3 Å². The van der Waals surface area contributed by atoms with E-state index in [-0.39, 0.29) is 12.6 Å². The molecule has 16 heavy (non-hydrogen) atoms. The Bertz CT molecular complexity index is 384. The topological polar surface area (TPSA) is 52.6 Å². The summed E-state index contributed by atoms with van der Waals surface area (Å²) in [5.74, 6) is -0.763. The van der Waals surface area contributed by atoms with Crippen LogP contribution in [0.4, 0.5) is 0 Å². The van der Waals surface area contributed by atoms with Crippen molar-refractivity contribution in [1.29, 1.82) is 0 Å². The molecule has 0 atom stereocenters. The summed E-state index contributed by atoms with van der Waals surface area (Å²) in [6.07, 6.45) is 1.66. The standard InChI is InChI=1S/C12H13O4/c1-9(13)16-8-7-10-5-3-4-6-11(10)12(14)15-2/h3-7H,8H2,1-2H3. The van der Waals surface area contributed by atoms with Crippen LogP contribution in [0.15, 0.2) is 24.3 Å². The van der Waals surface area contributed by atoms with Crippen molar-refractivity contribution in [3.05, 3.63) is 41.8 Å². The van der Waals surface area contributed by atoms with Gasteiger partial charge >= 0.3 is 11.9 Å². The first-order valence-corrected chi connectivity index (χ1v) is 4.79. The minimum absolute atomic E-state index is 0.142. The number of carbonyl (C=O) groups excluding carboxylic acids is 2. The summed E-state index contributed by atoms with van der Waals surface area (Å²) in [7, 11) is 1.32. The van der Waals surface area contributed by atoms with Gasteiger partial charge in [0.25, 0.3) is 0 Å². The molecule has 0 spiro atoms. The van der Waals surface area contributed by atoms with Gasteiger partial charge < -0.3 is 9.47 Å². The molecule has 1 rings (SSSR count). The predicted octanol–water partition coefficient (Wildman–Crippen LogP) is 1.59. The highest BCUT2D eigenvalue weighted by Crippen LogP contribution is 2.12. The Morgan fingerprint density at radius 2 is 2.00 bits per heavy atom. The highest BCUT2D eigenvalue weighted by Gasteiger charge is 2.10. The van der Waals surface area contributed by atoms with Crippen LogP contribution in [0.1, 0.15) is 22.8 Å². The van der Waals surface area contributed by atoms with Gasteiger partial charge in [-0.1, -0.05) is 18.2 Å². The number of ether oxygens (including phenoxy) is 2. The molecule has 4 heteroatoms. The molecule has 4 nitrogen and oxygen atoms in total. The molecule has 0 fully saturated rings. The average molecular weight is 221 g/mol. The first-order chi connectivity index (χ1) is 7.65. The third-order valence-corrected chi connectivity index (χ3v) is 1.96. The molecule has 85 valence electrons. The SMILES string of the molecule is COC(=O)c1ccccc1[CH]COC(C)=O. The average Bonchev–Trinajstić information content (AvgIpc) is 2.28. The van der Waals surface area contributed by atoms with E-state index in [4.69, 9.17) is 4.74 Å². The molecular weight excluding hydrogens is 208 g/mol. The van der Waals surface area contributed by atoms with E-state index in [2.05, 4.69) is 4.74 Å². The minimum Gasteiger partial charge on any atom is -0.465 e. The molecule has 1 aromatic rings. The van der Waals surface area contributed by atoms with Crippen molar-refractivity contribution in [3.63, 3.8) is 0 Å². The second-order valence-corrected chi connectivity index (χ2v) is 3.09. The van der Waals surface area contributed by atoms with Crippen molar-refractivity contribution < 1.29 is 19.1 Å². The van der Waals surface area contributed by atoms with Crippen molar-refractivity contribution in [2.45, 2.75) is 6.92 Å². The summed E-state index contributed by atoms with van der Waals surface area (Å²) >= 11 is 0. The van der Waals surface area contributed by atoms with E-state index < -0.39 is 5.97 Å². The number of esters is 2. The number of hydrogen-bond acceptors (Lipinski definition) is 4. The summed E-state index contributed by atoms with van der Waals surface area (Å²) in [6, 6.07) is 6.96. The largest absolute Gasteiger partial charge is 0.465 e. The summed E-state index contributed by atoms with van der Waals surface area (Å²) in [4.78, 5) is 22.0. The molecule has 0 aliphatic heterocycles. The lowest BCUT2D eigenvalue weighted by Gasteiger charge is -2.07. The monoisotopic (exact) mass is 221 g/mol. The zero-order valence-electron chi connectivity index (χ0n) is 9.23. The van der Waals surface area contributed by atoms with Crippen molar-refractivity contribution in [1.82, 2.24) is 0 Å². The second kappa shape index (κ2) is 5.90. The van der Waals surface area contributed by atoms with E-state index in [0.717, 1.165) is 0 Å². The van der Waals surface area contributed by atoms with Crippen molar-refractivity contribution in [2.75, 3.05) is 13.7 Å². The van der Waals surface area contributed by atoms with Gasteiger partial charge in [-0.05, 0) is 11.6 Å². The molecule has 0 unspecified atom stereocenters. The van der Waals surface area contributed by atoms with Crippen molar-refractivity contribution in [3.8, 4) is 0 Å². The molecule has 0 amide bonds. The molecule has 1 radical (unpaired) electrons. The van der Waals surface area contributed by atoms with Crippen molar-refractivity contribution >= 4 is 11.9 Å². The Morgan fingerprint density at radius 1 is 1.31 bits per heavy atom. The van der Waals surface area contributed by atoms with E-state index in [1.165, 1.54) is 14.0 Å². The maximum Gasteiger partial charge on any atom is 0.338 e. The van der Waals surface area contributed by atoms with Gasteiger partial charge in [0, 0.05) is 13.3 Å². The quantitative estimate of drug-likeness (QED) is 0.724. The molecule has 0 aliphatic carbocycles. The third-order valence-electron chi connectivity index (χ3n) is 1.96. The van der Waals surface area contributed by atoms with Gasteiger partial charge in [-0.25, -0.2) is 4.79 Å². The number of carbonyl (C=O) groups is 2. The Morgan fingerprint density at radius 3 is 2.62 bits per heavy atom. The minimum atomic E-state index is -0.408. The van der Waals surface area contributed by atoms with E-state index in [1.54, 1.807) is 30.7 Å². The zero-order chi connectivity index (χ0) is 12.0. The number of benzene rings is 1. The third kappa shape index (κ3) is 3.38. The van der Waals surface area contributed by atoms with Gasteiger partial charge in [-0.2, -0.15) is 0 Å². The molecule has 0 aromatic heterocycles. The van der Waals surface area contributed by atoms with Crippen LogP contribution in [-0.4, -0.2) is 25.7 Å². The maximum absolute atomic E-state index is 11.4. The summed E-state index contributed by atoms with van der Waals surface area (Å²) in [6.45, 7) is 1.48. The summed E-state index contributed by atoms with van der Waals surface area (Å²) < 4.78 is 9.41. The molecule has 0 N–H and O–H groups in total. The van der Waals surface area contributed by atoms with Gasteiger partial charge in [0.15, 0.2) is 0 Å². The lowest BCUT2D eigenvalue weighted by Crippen LogP contribution is -2.08. The fourth-order valence-electron chi connectivity index (χ4n) is 1.22. The lowest BCUT2D eigenvalue weighted by atomic mass is 10.1. The predicted molar refractivity (Wildman–Crippen MR) is 57.8 cm³/mol. The second-order valence-electron chi connectivity index (χ2n) is 3.09. The van der Waals surface area contributed by atoms with Gasteiger partial charge in [-0.3, -0.25) is 4.79 Å². The Balaban J connectivity index is 2.71. The molecule has 0 bridgehead atoms. The maximum atomic E-state index is 11.4. The van der Waals surface area contributed by atoms with Gasteiger partial charge in [0.1, 0.15) is 0 Å². The smallest absolute Gasteiger partial charge is 0.338 e. The van der Waals surface area contributed by atoms with Crippen LogP contribution in [0, 0.1) is 6.42 Å². The molecule has 0 aliphatic rings. The Labute approximate surface area is 94.2 Å². The van der Waals surface area contributed by atoms with Crippen LogP contribution in [0.3, 0.4) is 0 Å².